The van der Waals surface area contributed by atoms with Crippen LogP contribution in [-0.2, 0) is 19.1 Å². The van der Waals surface area contributed by atoms with E-state index in [0.29, 0.717) is 0 Å². The highest BCUT2D eigenvalue weighted by molar-refractivity contribution is 5.77. The molecule has 114 valence electrons. The molecule has 5 N–H and O–H groups in total. The Balaban J connectivity index is 5.19. The second kappa shape index (κ2) is 8.88. The summed E-state index contributed by atoms with van der Waals surface area (Å²) < 4.78 is 4.93. The number of carbonyl (C=O) groups is 3. The zero-order valence-corrected chi connectivity index (χ0v) is 10.5. The van der Waals surface area contributed by atoms with Gasteiger partial charge in [-0.25, -0.2) is 0 Å². The second-order valence-corrected chi connectivity index (χ2v) is 3.89. The van der Waals surface area contributed by atoms with E-state index in [2.05, 4.69) is 0 Å². The molecule has 0 amide bonds. The molecule has 0 aromatic rings. The smallest absolute Gasteiger partial charge is 0.311 e. The van der Waals surface area contributed by atoms with Crippen molar-refractivity contribution in [1.29, 1.82) is 0 Å². The zero-order chi connectivity index (χ0) is 15.7. The molecule has 1 unspecified atom stereocenters. The van der Waals surface area contributed by atoms with E-state index in [1.807, 2.05) is 0 Å². The maximum absolute atomic E-state index is 10.7. The highest BCUT2D eigenvalue weighted by atomic mass is 16.5. The van der Waals surface area contributed by atoms with E-state index < -0.39 is 56.5 Å². The fourth-order valence-electron chi connectivity index (χ4n) is 1.29. The van der Waals surface area contributed by atoms with Crippen LogP contribution in [0.2, 0.25) is 0 Å². The van der Waals surface area contributed by atoms with E-state index in [4.69, 9.17) is 30.3 Å². The van der Waals surface area contributed by atoms with Crippen LogP contribution in [0.5, 0.6) is 0 Å². The summed E-state index contributed by atoms with van der Waals surface area (Å²) in [6.07, 6.45) is -3.38. The minimum absolute atomic E-state index is 0.211. The topological polar surface area (TPSA) is 162 Å². The van der Waals surface area contributed by atoms with E-state index in [1.54, 1.807) is 0 Å². The molecule has 0 heterocycles. The van der Waals surface area contributed by atoms with Crippen molar-refractivity contribution in [3.8, 4) is 0 Å². The Bertz CT molecular complexity index is 381. The highest BCUT2D eigenvalue weighted by Gasteiger charge is 2.19. The first-order chi connectivity index (χ1) is 9.26. The number of rotatable bonds is 10. The Morgan fingerprint density at radius 3 is 1.70 bits per heavy atom. The lowest BCUT2D eigenvalue weighted by Gasteiger charge is -2.15. The summed E-state index contributed by atoms with van der Waals surface area (Å²) in [4.78, 5) is 32.0. The van der Waals surface area contributed by atoms with Crippen LogP contribution in [0.4, 0.5) is 0 Å². The zero-order valence-electron chi connectivity index (χ0n) is 10.5. The number of hydrogen-bond acceptors (Lipinski definition) is 6. The summed E-state index contributed by atoms with van der Waals surface area (Å²) >= 11 is 0. The third-order valence-corrected chi connectivity index (χ3v) is 2.10. The molecule has 0 radical (unpaired) electrons. The SMILES string of the molecule is O=C(O)CC(CC(=O)O)=C(CC(=O)O)OCC(O)CO. The minimum atomic E-state index is -1.34. The van der Waals surface area contributed by atoms with Crippen LogP contribution in [0.1, 0.15) is 19.3 Å². The fourth-order valence-corrected chi connectivity index (χ4v) is 1.29. The summed E-state index contributed by atoms with van der Waals surface area (Å²) in [6, 6.07) is 0. The predicted molar refractivity (Wildman–Crippen MR) is 62.8 cm³/mol. The van der Waals surface area contributed by atoms with Gasteiger partial charge in [0.05, 0.1) is 19.4 Å². The number of hydrogen-bond donors (Lipinski definition) is 5. The standard InChI is InChI=1S/C11H16O9/c12-4-7(13)5-20-8(3-11(18)19)6(1-9(14)15)2-10(16)17/h7,12-13H,1-5H2,(H,14,15)(H,16,17)(H,18,19). The first-order valence-corrected chi connectivity index (χ1v) is 5.54. The number of aliphatic carboxylic acids is 3. The number of aliphatic hydroxyl groups excluding tert-OH is 2. The van der Waals surface area contributed by atoms with Crippen LogP contribution in [0.25, 0.3) is 0 Å². The first kappa shape index (κ1) is 17.9. The largest absolute Gasteiger partial charge is 0.495 e. The summed E-state index contributed by atoms with van der Waals surface area (Å²) in [5, 5.41) is 43.8. The lowest BCUT2D eigenvalue weighted by atomic mass is 10.1. The molecule has 9 nitrogen and oxygen atoms in total. The molecule has 1 atom stereocenters. The minimum Gasteiger partial charge on any atom is -0.495 e. The quantitative estimate of drug-likeness (QED) is 0.319. The van der Waals surface area contributed by atoms with E-state index in [-0.39, 0.29) is 11.3 Å². The Morgan fingerprint density at radius 1 is 0.900 bits per heavy atom. The fraction of sp³-hybridized carbons (Fsp3) is 0.545. The van der Waals surface area contributed by atoms with Crippen molar-refractivity contribution < 1.29 is 44.7 Å². The van der Waals surface area contributed by atoms with Crippen molar-refractivity contribution in [2.45, 2.75) is 25.4 Å². The van der Waals surface area contributed by atoms with Crippen molar-refractivity contribution >= 4 is 17.9 Å². The van der Waals surface area contributed by atoms with Crippen molar-refractivity contribution in [3.63, 3.8) is 0 Å². The van der Waals surface area contributed by atoms with Gasteiger partial charge in [-0.1, -0.05) is 0 Å². The Labute approximate surface area is 113 Å². The molecule has 0 rings (SSSR count). The van der Waals surface area contributed by atoms with Crippen LogP contribution in [0.15, 0.2) is 11.3 Å². The van der Waals surface area contributed by atoms with Crippen LogP contribution < -0.4 is 0 Å². The van der Waals surface area contributed by atoms with Gasteiger partial charge in [0.1, 0.15) is 24.9 Å². The highest BCUT2D eigenvalue weighted by Crippen LogP contribution is 2.18. The number of carboxylic acids is 3. The van der Waals surface area contributed by atoms with Crippen LogP contribution >= 0.6 is 0 Å². The van der Waals surface area contributed by atoms with Gasteiger partial charge in [-0.05, 0) is 5.57 Å². The van der Waals surface area contributed by atoms with Gasteiger partial charge >= 0.3 is 17.9 Å². The summed E-state index contributed by atoms with van der Waals surface area (Å²) in [5.41, 5.74) is -0.211. The summed E-state index contributed by atoms with van der Waals surface area (Å²) in [7, 11) is 0. The summed E-state index contributed by atoms with van der Waals surface area (Å²) in [6.45, 7) is -1.10. The van der Waals surface area contributed by atoms with Crippen LogP contribution in [0, 0.1) is 0 Å². The van der Waals surface area contributed by atoms with Crippen LogP contribution in [-0.4, -0.2) is 62.8 Å². The molecule has 0 saturated carbocycles. The van der Waals surface area contributed by atoms with Gasteiger partial charge in [0.15, 0.2) is 0 Å². The molecule has 0 spiro atoms. The van der Waals surface area contributed by atoms with Gasteiger partial charge < -0.3 is 30.3 Å². The van der Waals surface area contributed by atoms with E-state index in [0.717, 1.165) is 0 Å². The Morgan fingerprint density at radius 2 is 1.35 bits per heavy atom. The maximum atomic E-state index is 10.7. The van der Waals surface area contributed by atoms with Gasteiger partial charge in [0, 0.05) is 0 Å². The molecule has 20 heavy (non-hydrogen) atoms. The predicted octanol–water partition coefficient (Wildman–Crippen LogP) is -0.966. The molecule has 0 aromatic carbocycles. The molecular formula is C11H16O9. The molecule has 0 aromatic heterocycles. The lowest BCUT2D eigenvalue weighted by molar-refractivity contribution is -0.139. The molecule has 0 fully saturated rings. The van der Waals surface area contributed by atoms with Crippen LogP contribution in [0.3, 0.4) is 0 Å². The number of ether oxygens (including phenoxy) is 1. The Hall–Kier alpha value is -2.13. The third-order valence-electron chi connectivity index (χ3n) is 2.10. The van der Waals surface area contributed by atoms with Gasteiger partial charge in [-0.3, -0.25) is 14.4 Å². The molecule has 0 bridgehead atoms. The number of aliphatic hydroxyl groups is 2. The molecule has 0 aliphatic rings. The molecular weight excluding hydrogens is 276 g/mol. The van der Waals surface area contributed by atoms with Gasteiger partial charge in [0.2, 0.25) is 0 Å². The average molecular weight is 292 g/mol. The van der Waals surface area contributed by atoms with Crippen molar-refractivity contribution in [1.82, 2.24) is 0 Å². The normalized spacial score (nSPS) is 11.5. The second-order valence-electron chi connectivity index (χ2n) is 3.89. The van der Waals surface area contributed by atoms with Crippen molar-refractivity contribution in [2.24, 2.45) is 0 Å². The molecule has 9 heteroatoms. The molecule has 0 aliphatic heterocycles. The van der Waals surface area contributed by atoms with Crippen molar-refractivity contribution in [3.05, 3.63) is 11.3 Å². The molecule has 0 aliphatic carbocycles. The van der Waals surface area contributed by atoms with Gasteiger partial charge in [-0.2, -0.15) is 0 Å². The first-order valence-electron chi connectivity index (χ1n) is 5.54. The summed E-state index contributed by atoms with van der Waals surface area (Å²) in [5.74, 6) is -4.35. The lowest BCUT2D eigenvalue weighted by Crippen LogP contribution is -2.21. The number of carboxylic acid groups (broad SMARTS) is 3. The average Bonchev–Trinajstić information content (AvgIpc) is 2.31. The third kappa shape index (κ3) is 8.06. The van der Waals surface area contributed by atoms with Crippen molar-refractivity contribution in [2.75, 3.05) is 13.2 Å². The maximum Gasteiger partial charge on any atom is 0.311 e. The molecule has 0 saturated heterocycles. The van der Waals surface area contributed by atoms with Gasteiger partial charge in [-0.15, -0.1) is 0 Å². The van der Waals surface area contributed by atoms with Gasteiger partial charge in [0.25, 0.3) is 0 Å². The van der Waals surface area contributed by atoms with E-state index in [9.17, 15) is 14.4 Å². The monoisotopic (exact) mass is 292 g/mol. The Kier molecular flexibility index (Phi) is 7.94. The van der Waals surface area contributed by atoms with E-state index >= 15 is 0 Å². The van der Waals surface area contributed by atoms with E-state index in [1.165, 1.54) is 0 Å².